The summed E-state index contributed by atoms with van der Waals surface area (Å²) >= 11 is 0. The minimum atomic E-state index is -0.471. The Morgan fingerprint density at radius 3 is 2.44 bits per heavy atom. The van der Waals surface area contributed by atoms with Gasteiger partial charge in [0.1, 0.15) is 0 Å². The average Bonchev–Trinajstić information content (AvgIpc) is 2.81. The summed E-state index contributed by atoms with van der Waals surface area (Å²) in [5.74, 6) is -0.0288. The van der Waals surface area contributed by atoms with E-state index in [9.17, 15) is 9.59 Å². The zero-order valence-electron chi connectivity index (χ0n) is 18.0. The van der Waals surface area contributed by atoms with E-state index in [2.05, 4.69) is 15.8 Å². The molecule has 7 heteroatoms. The van der Waals surface area contributed by atoms with Crippen molar-refractivity contribution in [2.45, 2.75) is 13.8 Å². The van der Waals surface area contributed by atoms with Crippen molar-refractivity contribution in [1.82, 2.24) is 5.43 Å². The van der Waals surface area contributed by atoms with E-state index in [4.69, 9.17) is 9.47 Å². The second-order valence-electron chi connectivity index (χ2n) is 6.91. The van der Waals surface area contributed by atoms with Gasteiger partial charge in [0.2, 0.25) is 0 Å². The van der Waals surface area contributed by atoms with Crippen LogP contribution >= 0.6 is 0 Å². The van der Waals surface area contributed by atoms with E-state index in [1.807, 2.05) is 44.2 Å². The van der Waals surface area contributed by atoms with Crippen molar-refractivity contribution in [3.63, 3.8) is 0 Å². The van der Waals surface area contributed by atoms with E-state index in [-0.39, 0.29) is 12.5 Å². The number of amides is 1. The molecule has 2 N–H and O–H groups in total. The number of carbonyl (C=O) groups is 2. The van der Waals surface area contributed by atoms with Gasteiger partial charge in [-0.2, -0.15) is 5.10 Å². The van der Waals surface area contributed by atoms with Crippen LogP contribution in [0.1, 0.15) is 28.4 Å². The number of anilines is 1. The first-order valence-electron chi connectivity index (χ1n) is 10.2. The smallest absolute Gasteiger partial charge is 0.343 e. The Morgan fingerprint density at radius 2 is 1.72 bits per heavy atom. The van der Waals surface area contributed by atoms with Gasteiger partial charge in [0, 0.05) is 5.69 Å². The molecule has 0 radical (unpaired) electrons. The van der Waals surface area contributed by atoms with E-state index in [1.54, 1.807) is 42.5 Å². The summed E-state index contributed by atoms with van der Waals surface area (Å²) < 4.78 is 11.1. The number of rotatable bonds is 9. The molecule has 0 aliphatic carbocycles. The Kier molecular flexibility index (Phi) is 7.97. The third-order valence-corrected chi connectivity index (χ3v) is 4.39. The summed E-state index contributed by atoms with van der Waals surface area (Å²) in [6, 6.07) is 21.5. The van der Waals surface area contributed by atoms with Crippen molar-refractivity contribution in [2.75, 3.05) is 18.5 Å². The summed E-state index contributed by atoms with van der Waals surface area (Å²) in [6.45, 7) is 4.34. The van der Waals surface area contributed by atoms with Crippen LogP contribution in [0.15, 0.2) is 77.9 Å². The van der Waals surface area contributed by atoms with E-state index >= 15 is 0 Å². The second kappa shape index (κ2) is 11.3. The fourth-order valence-corrected chi connectivity index (χ4v) is 2.76. The van der Waals surface area contributed by atoms with Gasteiger partial charge in [-0.05, 0) is 61.9 Å². The van der Waals surface area contributed by atoms with E-state index in [0.717, 1.165) is 11.3 Å². The molecular formula is C25H25N3O4. The molecule has 3 rings (SSSR count). The van der Waals surface area contributed by atoms with Gasteiger partial charge in [0.25, 0.3) is 5.91 Å². The topological polar surface area (TPSA) is 89.0 Å². The number of carbonyl (C=O) groups excluding carboxylic acids is 2. The first-order valence-corrected chi connectivity index (χ1v) is 10.2. The Bertz CT molecular complexity index is 1080. The molecule has 0 saturated carbocycles. The molecule has 1 amide bonds. The first-order chi connectivity index (χ1) is 15.5. The summed E-state index contributed by atoms with van der Waals surface area (Å²) in [5, 5.41) is 7.01. The lowest BCUT2D eigenvalue weighted by Gasteiger charge is -2.11. The predicted octanol–water partition coefficient (Wildman–Crippen LogP) is 4.18. The van der Waals surface area contributed by atoms with Gasteiger partial charge in [-0.3, -0.25) is 4.79 Å². The number of ether oxygens (including phenoxy) is 2. The maximum Gasteiger partial charge on any atom is 0.343 e. The van der Waals surface area contributed by atoms with Crippen LogP contribution in [0.3, 0.4) is 0 Å². The first kappa shape index (κ1) is 22.6. The molecule has 0 saturated heterocycles. The van der Waals surface area contributed by atoms with Gasteiger partial charge < -0.3 is 14.8 Å². The molecule has 0 aliphatic heterocycles. The highest BCUT2D eigenvalue weighted by Crippen LogP contribution is 2.29. The molecule has 3 aromatic rings. The molecule has 32 heavy (non-hydrogen) atoms. The van der Waals surface area contributed by atoms with Crippen molar-refractivity contribution in [3.05, 3.63) is 89.5 Å². The molecule has 0 spiro atoms. The average molecular weight is 431 g/mol. The second-order valence-corrected chi connectivity index (χ2v) is 6.91. The Labute approximate surface area is 187 Å². The van der Waals surface area contributed by atoms with Crippen molar-refractivity contribution >= 4 is 23.8 Å². The maximum atomic E-state index is 12.3. The number of benzene rings is 3. The molecule has 0 aliphatic rings. The lowest BCUT2D eigenvalue weighted by Crippen LogP contribution is -2.25. The normalized spacial score (nSPS) is 10.6. The zero-order valence-corrected chi connectivity index (χ0v) is 18.0. The van der Waals surface area contributed by atoms with Crippen molar-refractivity contribution in [1.29, 1.82) is 0 Å². The lowest BCUT2D eigenvalue weighted by atomic mass is 10.2. The number of esters is 1. The fourth-order valence-electron chi connectivity index (χ4n) is 2.76. The van der Waals surface area contributed by atoms with Crippen LogP contribution in [0.25, 0.3) is 0 Å². The van der Waals surface area contributed by atoms with Gasteiger partial charge in [0.05, 0.1) is 24.9 Å². The van der Waals surface area contributed by atoms with Crippen LogP contribution in [-0.2, 0) is 4.79 Å². The van der Waals surface area contributed by atoms with E-state index in [0.29, 0.717) is 29.2 Å². The largest absolute Gasteiger partial charge is 0.490 e. The Morgan fingerprint density at radius 1 is 0.969 bits per heavy atom. The van der Waals surface area contributed by atoms with Gasteiger partial charge in [-0.25, -0.2) is 10.2 Å². The van der Waals surface area contributed by atoms with Gasteiger partial charge >= 0.3 is 5.97 Å². The molecule has 164 valence electrons. The number of aryl methyl sites for hydroxylation is 1. The number of nitrogens with zero attached hydrogens (tertiary/aromatic N) is 1. The minimum Gasteiger partial charge on any atom is -0.490 e. The molecular weight excluding hydrogens is 406 g/mol. The third kappa shape index (κ3) is 6.70. The Balaban J connectivity index is 1.58. The molecule has 0 heterocycles. The molecule has 7 nitrogen and oxygen atoms in total. The molecule has 3 aromatic carbocycles. The van der Waals surface area contributed by atoms with Crippen LogP contribution in [0.5, 0.6) is 11.5 Å². The van der Waals surface area contributed by atoms with E-state index < -0.39 is 5.97 Å². The summed E-state index contributed by atoms with van der Waals surface area (Å²) in [6.07, 6.45) is 1.50. The fraction of sp³-hybridized carbons (Fsp3) is 0.160. The molecule has 0 unspecified atom stereocenters. The predicted molar refractivity (Wildman–Crippen MR) is 124 cm³/mol. The maximum absolute atomic E-state index is 12.3. The van der Waals surface area contributed by atoms with Crippen LogP contribution in [0.4, 0.5) is 5.69 Å². The van der Waals surface area contributed by atoms with Crippen molar-refractivity contribution < 1.29 is 19.1 Å². The van der Waals surface area contributed by atoms with Crippen LogP contribution in [0.2, 0.25) is 0 Å². The Hall–Kier alpha value is -4.13. The van der Waals surface area contributed by atoms with Gasteiger partial charge in [0.15, 0.2) is 11.5 Å². The molecule has 0 atom stereocenters. The highest BCUT2D eigenvalue weighted by molar-refractivity contribution is 5.91. The monoisotopic (exact) mass is 431 g/mol. The van der Waals surface area contributed by atoms with Crippen LogP contribution < -0.4 is 20.2 Å². The van der Waals surface area contributed by atoms with Crippen molar-refractivity contribution in [3.8, 4) is 11.5 Å². The quantitative estimate of drug-likeness (QED) is 0.230. The third-order valence-electron chi connectivity index (χ3n) is 4.39. The molecule has 0 bridgehead atoms. The van der Waals surface area contributed by atoms with Crippen LogP contribution in [-0.4, -0.2) is 31.2 Å². The molecule has 0 aromatic heterocycles. The van der Waals surface area contributed by atoms with Gasteiger partial charge in [-0.15, -0.1) is 0 Å². The number of hydrogen-bond donors (Lipinski definition) is 2. The number of hydrogen-bond acceptors (Lipinski definition) is 6. The number of nitrogens with one attached hydrogen (secondary N) is 2. The van der Waals surface area contributed by atoms with Crippen molar-refractivity contribution in [2.24, 2.45) is 5.10 Å². The zero-order chi connectivity index (χ0) is 22.8. The summed E-state index contributed by atoms with van der Waals surface area (Å²) in [7, 11) is 0. The molecule has 0 fully saturated rings. The highest BCUT2D eigenvalue weighted by Gasteiger charge is 2.13. The van der Waals surface area contributed by atoms with Gasteiger partial charge in [-0.1, -0.05) is 35.9 Å². The van der Waals surface area contributed by atoms with Crippen LogP contribution in [0, 0.1) is 6.92 Å². The standard InChI is InChI=1S/C25H25N3O4/c1-3-31-23-15-19(11-14-22(23)32-25(30)20-7-5-4-6-8-20)16-27-28-24(29)17-26-21-12-9-18(2)10-13-21/h4-16,26H,3,17H2,1-2H3,(H,28,29)/b27-16+. The lowest BCUT2D eigenvalue weighted by molar-refractivity contribution is -0.119. The SMILES string of the molecule is CCOc1cc(/C=N/NC(=O)CNc2ccc(C)cc2)ccc1OC(=O)c1ccccc1. The number of hydrazone groups is 1. The summed E-state index contributed by atoms with van der Waals surface area (Å²) in [4.78, 5) is 24.3. The minimum absolute atomic E-state index is 0.0962. The highest BCUT2D eigenvalue weighted by atomic mass is 16.6. The van der Waals surface area contributed by atoms with E-state index in [1.165, 1.54) is 6.21 Å². The summed E-state index contributed by atoms with van der Waals surface area (Å²) in [5.41, 5.74) is 5.61.